The van der Waals surface area contributed by atoms with Gasteiger partial charge >= 0.3 is 0 Å². The Hall–Kier alpha value is -1.97. The fourth-order valence-corrected chi connectivity index (χ4v) is 0.921. The lowest BCUT2D eigenvalue weighted by molar-refractivity contribution is 0.282. The van der Waals surface area contributed by atoms with Gasteiger partial charge < -0.3 is 10.8 Å². The zero-order valence-corrected chi connectivity index (χ0v) is 6.91. The van der Waals surface area contributed by atoms with Crippen LogP contribution in [-0.2, 0) is 6.61 Å². The first kappa shape index (κ1) is 9.12. The van der Waals surface area contributed by atoms with E-state index in [1.165, 1.54) is 0 Å². The number of aliphatic hydroxyl groups excluding tert-OH is 1. The molecular weight excluding hydrogens is 164 g/mol. The van der Waals surface area contributed by atoms with Gasteiger partial charge in [-0.1, -0.05) is 5.92 Å². The molecule has 0 aliphatic rings. The molecule has 0 saturated heterocycles. The average Bonchev–Trinajstić information content (AvgIpc) is 2.16. The van der Waals surface area contributed by atoms with Gasteiger partial charge in [0.2, 0.25) is 0 Å². The van der Waals surface area contributed by atoms with E-state index in [4.69, 9.17) is 16.1 Å². The van der Waals surface area contributed by atoms with E-state index in [1.807, 2.05) is 0 Å². The quantitative estimate of drug-likeness (QED) is 0.482. The lowest BCUT2D eigenvalue weighted by Gasteiger charge is -2.01. The van der Waals surface area contributed by atoms with Crippen molar-refractivity contribution in [1.82, 2.24) is 0 Å². The van der Waals surface area contributed by atoms with Crippen LogP contribution in [0.15, 0.2) is 18.2 Å². The first-order valence-corrected chi connectivity index (χ1v) is 3.67. The van der Waals surface area contributed by atoms with E-state index in [9.17, 15) is 0 Å². The highest BCUT2D eigenvalue weighted by Gasteiger charge is 1.97. The van der Waals surface area contributed by atoms with E-state index in [0.29, 0.717) is 16.8 Å². The predicted octanol–water partition coefficient (Wildman–Crippen LogP) is 0.636. The summed E-state index contributed by atoms with van der Waals surface area (Å²) < 4.78 is 0. The minimum atomic E-state index is -0.117. The van der Waals surface area contributed by atoms with Crippen LogP contribution in [0.25, 0.3) is 0 Å². The molecule has 0 spiro atoms. The molecule has 1 aromatic rings. The molecule has 0 aromatic heterocycles. The molecule has 3 nitrogen and oxygen atoms in total. The molecule has 0 fully saturated rings. The number of hydrogen-bond acceptors (Lipinski definition) is 3. The van der Waals surface area contributed by atoms with Crippen molar-refractivity contribution in [3.05, 3.63) is 29.3 Å². The Balaban J connectivity index is 3.08. The molecule has 1 rings (SSSR count). The molecule has 0 radical (unpaired) electrons. The van der Waals surface area contributed by atoms with E-state index in [1.54, 1.807) is 24.3 Å². The second-order valence-corrected chi connectivity index (χ2v) is 2.43. The number of nitrogens with zero attached hydrogens (tertiary/aromatic N) is 1. The van der Waals surface area contributed by atoms with Crippen molar-refractivity contribution in [3.8, 4) is 17.9 Å². The summed E-state index contributed by atoms with van der Waals surface area (Å²) >= 11 is 0. The average molecular weight is 172 g/mol. The molecule has 0 heterocycles. The lowest BCUT2D eigenvalue weighted by atomic mass is 10.1. The molecule has 0 bridgehead atoms. The van der Waals surface area contributed by atoms with Gasteiger partial charge in [0.15, 0.2) is 6.07 Å². The number of benzene rings is 1. The summed E-state index contributed by atoms with van der Waals surface area (Å²) in [7, 11) is 0. The number of hydrogen-bond donors (Lipinski definition) is 2. The number of nitrogens with two attached hydrogens (primary N) is 1. The maximum Gasteiger partial charge on any atom is 0.152 e. The number of rotatable bonds is 1. The topological polar surface area (TPSA) is 70.0 Å². The number of aliphatic hydroxyl groups is 1. The smallest absolute Gasteiger partial charge is 0.152 e. The van der Waals surface area contributed by atoms with Crippen LogP contribution >= 0.6 is 0 Å². The largest absolute Gasteiger partial charge is 0.398 e. The zero-order chi connectivity index (χ0) is 9.68. The molecular formula is C10H8N2O. The highest BCUT2D eigenvalue weighted by molar-refractivity contribution is 5.52. The van der Waals surface area contributed by atoms with Crippen molar-refractivity contribution in [1.29, 1.82) is 5.26 Å². The van der Waals surface area contributed by atoms with Crippen LogP contribution in [0.2, 0.25) is 0 Å². The molecule has 3 N–H and O–H groups in total. The molecule has 3 heteroatoms. The molecule has 1 aromatic carbocycles. The highest BCUT2D eigenvalue weighted by atomic mass is 16.3. The summed E-state index contributed by atoms with van der Waals surface area (Å²) in [5.41, 5.74) is 7.40. The third-order valence-corrected chi connectivity index (χ3v) is 1.58. The summed E-state index contributed by atoms with van der Waals surface area (Å²) in [5, 5.41) is 17.1. The third-order valence-electron chi connectivity index (χ3n) is 1.58. The van der Waals surface area contributed by atoms with Crippen LogP contribution in [0.1, 0.15) is 11.1 Å². The van der Waals surface area contributed by atoms with Gasteiger partial charge in [-0.05, 0) is 18.2 Å². The van der Waals surface area contributed by atoms with Crippen molar-refractivity contribution in [2.24, 2.45) is 0 Å². The lowest BCUT2D eigenvalue weighted by Crippen LogP contribution is -1.94. The molecule has 0 atom stereocenters. The SMILES string of the molecule is N#CC#Cc1ccc(N)c(CO)c1. The van der Waals surface area contributed by atoms with Crippen LogP contribution in [0.5, 0.6) is 0 Å². The third kappa shape index (κ3) is 2.23. The fraction of sp³-hybridized carbons (Fsp3) is 0.100. The number of anilines is 1. The zero-order valence-electron chi connectivity index (χ0n) is 6.91. The summed E-state index contributed by atoms with van der Waals surface area (Å²) in [6, 6.07) is 6.75. The molecule has 0 unspecified atom stereocenters. The minimum Gasteiger partial charge on any atom is -0.398 e. The minimum absolute atomic E-state index is 0.117. The van der Waals surface area contributed by atoms with Gasteiger partial charge in [0.05, 0.1) is 6.61 Å². The number of nitriles is 1. The van der Waals surface area contributed by atoms with Gasteiger partial charge in [-0.3, -0.25) is 0 Å². The van der Waals surface area contributed by atoms with Crippen LogP contribution in [0.4, 0.5) is 5.69 Å². The standard InChI is InChI=1S/C10H8N2O/c11-5-1-2-8-3-4-10(12)9(6-8)7-13/h3-4,6,13H,7,12H2. The number of nitrogen functional groups attached to an aromatic ring is 1. The fourth-order valence-electron chi connectivity index (χ4n) is 0.921. The van der Waals surface area contributed by atoms with Gasteiger partial charge in [-0.25, -0.2) is 0 Å². The normalized spacial score (nSPS) is 8.31. The van der Waals surface area contributed by atoms with Gasteiger partial charge in [0.25, 0.3) is 0 Å². The van der Waals surface area contributed by atoms with Crippen molar-refractivity contribution in [3.63, 3.8) is 0 Å². The summed E-state index contributed by atoms with van der Waals surface area (Å²) in [6.07, 6.45) is 0. The van der Waals surface area contributed by atoms with Crippen LogP contribution < -0.4 is 5.73 Å². The van der Waals surface area contributed by atoms with E-state index in [0.717, 1.165) is 0 Å². The molecule has 0 aliphatic carbocycles. The molecule has 0 aliphatic heterocycles. The second-order valence-electron chi connectivity index (χ2n) is 2.43. The van der Waals surface area contributed by atoms with Crippen molar-refractivity contribution in [2.75, 3.05) is 5.73 Å². The Kier molecular flexibility index (Phi) is 2.92. The van der Waals surface area contributed by atoms with Gasteiger partial charge in [-0.2, -0.15) is 5.26 Å². The van der Waals surface area contributed by atoms with Crippen molar-refractivity contribution < 1.29 is 5.11 Å². The molecule has 13 heavy (non-hydrogen) atoms. The van der Waals surface area contributed by atoms with Gasteiger partial charge in [0.1, 0.15) is 0 Å². The maximum absolute atomic E-state index is 8.88. The first-order valence-electron chi connectivity index (χ1n) is 3.67. The molecule has 64 valence electrons. The van der Waals surface area contributed by atoms with Crippen LogP contribution in [0.3, 0.4) is 0 Å². The van der Waals surface area contributed by atoms with Crippen molar-refractivity contribution >= 4 is 5.69 Å². The van der Waals surface area contributed by atoms with E-state index in [-0.39, 0.29) is 6.61 Å². The highest BCUT2D eigenvalue weighted by Crippen LogP contribution is 2.13. The Morgan fingerprint density at radius 2 is 2.23 bits per heavy atom. The van der Waals surface area contributed by atoms with Gasteiger partial charge in [-0.15, -0.1) is 0 Å². The Labute approximate surface area is 76.4 Å². The monoisotopic (exact) mass is 172 g/mol. The molecule has 0 saturated carbocycles. The first-order chi connectivity index (χ1) is 6.27. The van der Waals surface area contributed by atoms with Crippen LogP contribution in [-0.4, -0.2) is 5.11 Å². The summed E-state index contributed by atoms with van der Waals surface area (Å²) in [4.78, 5) is 0. The predicted molar refractivity (Wildman–Crippen MR) is 49.3 cm³/mol. The van der Waals surface area contributed by atoms with E-state index >= 15 is 0 Å². The van der Waals surface area contributed by atoms with Crippen molar-refractivity contribution in [2.45, 2.75) is 6.61 Å². The Bertz CT molecular complexity index is 407. The summed E-state index contributed by atoms with van der Waals surface area (Å²) in [5.74, 6) is 4.89. The maximum atomic E-state index is 8.88. The second kappa shape index (κ2) is 4.15. The van der Waals surface area contributed by atoms with Crippen LogP contribution in [0, 0.1) is 23.2 Å². The van der Waals surface area contributed by atoms with Gasteiger partial charge in [0, 0.05) is 22.7 Å². The Morgan fingerprint density at radius 3 is 2.85 bits per heavy atom. The summed E-state index contributed by atoms with van der Waals surface area (Å²) in [6.45, 7) is -0.117. The molecule has 0 amide bonds. The Morgan fingerprint density at radius 1 is 1.46 bits per heavy atom. The van der Waals surface area contributed by atoms with E-state index < -0.39 is 0 Å². The van der Waals surface area contributed by atoms with E-state index in [2.05, 4.69) is 11.8 Å².